The molecule has 0 aliphatic rings. The van der Waals surface area contributed by atoms with Crippen LogP contribution in [0.5, 0.6) is 0 Å². The number of methoxy groups -OCH3 is 1. The SMILES string of the molecule is CCOCCN(CC(C)C(=O)OC)C(=O)CCNC(=O)c1ccccc1. The van der Waals surface area contributed by atoms with Crippen molar-refractivity contribution in [2.24, 2.45) is 5.92 Å². The second-order valence-corrected chi connectivity index (χ2v) is 5.83. The summed E-state index contributed by atoms with van der Waals surface area (Å²) in [5.74, 6) is -1.16. The lowest BCUT2D eigenvalue weighted by atomic mass is 10.1. The summed E-state index contributed by atoms with van der Waals surface area (Å²) in [6.45, 7) is 5.41. The van der Waals surface area contributed by atoms with Crippen LogP contribution in [0.25, 0.3) is 0 Å². The Morgan fingerprint density at radius 1 is 1.19 bits per heavy atom. The second-order valence-electron chi connectivity index (χ2n) is 5.83. The van der Waals surface area contributed by atoms with E-state index >= 15 is 0 Å². The van der Waals surface area contributed by atoms with Crippen LogP contribution < -0.4 is 5.32 Å². The van der Waals surface area contributed by atoms with Crippen molar-refractivity contribution in [2.45, 2.75) is 20.3 Å². The van der Waals surface area contributed by atoms with Gasteiger partial charge < -0.3 is 19.7 Å². The van der Waals surface area contributed by atoms with Crippen molar-refractivity contribution in [1.82, 2.24) is 10.2 Å². The standard InChI is InChI=1S/C19H28N2O5/c1-4-26-13-12-21(14-15(2)19(24)25-3)17(22)10-11-20-18(23)16-8-6-5-7-9-16/h5-9,15H,4,10-14H2,1-3H3,(H,20,23). The molecule has 0 aromatic heterocycles. The predicted molar refractivity (Wildman–Crippen MR) is 97.6 cm³/mol. The maximum absolute atomic E-state index is 12.5. The van der Waals surface area contributed by atoms with Gasteiger partial charge in [-0.05, 0) is 19.1 Å². The van der Waals surface area contributed by atoms with Crippen LogP contribution in [-0.2, 0) is 19.1 Å². The molecule has 1 atom stereocenters. The smallest absolute Gasteiger partial charge is 0.310 e. The van der Waals surface area contributed by atoms with Gasteiger partial charge in [-0.1, -0.05) is 25.1 Å². The molecule has 7 heteroatoms. The van der Waals surface area contributed by atoms with E-state index < -0.39 is 5.92 Å². The van der Waals surface area contributed by atoms with Crippen LogP contribution in [-0.4, -0.2) is 62.6 Å². The van der Waals surface area contributed by atoms with Gasteiger partial charge in [-0.25, -0.2) is 0 Å². The number of benzene rings is 1. The number of nitrogens with one attached hydrogen (secondary N) is 1. The highest BCUT2D eigenvalue weighted by Crippen LogP contribution is 2.05. The summed E-state index contributed by atoms with van der Waals surface area (Å²) in [6, 6.07) is 8.82. The normalized spacial score (nSPS) is 11.5. The molecule has 1 N–H and O–H groups in total. The van der Waals surface area contributed by atoms with Gasteiger partial charge in [0.2, 0.25) is 5.91 Å². The van der Waals surface area contributed by atoms with Gasteiger partial charge in [-0.2, -0.15) is 0 Å². The Kier molecular flexibility index (Phi) is 10.0. The van der Waals surface area contributed by atoms with E-state index in [1.165, 1.54) is 7.11 Å². The zero-order chi connectivity index (χ0) is 19.4. The topological polar surface area (TPSA) is 84.9 Å². The molecule has 0 saturated carbocycles. The third-order valence-electron chi connectivity index (χ3n) is 3.82. The van der Waals surface area contributed by atoms with Crippen molar-refractivity contribution < 1.29 is 23.9 Å². The Bertz CT molecular complexity index is 577. The van der Waals surface area contributed by atoms with E-state index in [4.69, 9.17) is 9.47 Å². The lowest BCUT2D eigenvalue weighted by Crippen LogP contribution is -2.40. The van der Waals surface area contributed by atoms with E-state index in [0.717, 1.165) is 0 Å². The summed E-state index contributed by atoms with van der Waals surface area (Å²) < 4.78 is 10.0. The average molecular weight is 364 g/mol. The van der Waals surface area contributed by atoms with Crippen molar-refractivity contribution >= 4 is 17.8 Å². The van der Waals surface area contributed by atoms with Crippen molar-refractivity contribution in [3.63, 3.8) is 0 Å². The molecule has 1 aromatic rings. The van der Waals surface area contributed by atoms with Gasteiger partial charge in [0.25, 0.3) is 5.91 Å². The minimum absolute atomic E-state index is 0.145. The highest BCUT2D eigenvalue weighted by Gasteiger charge is 2.21. The Morgan fingerprint density at radius 2 is 1.88 bits per heavy atom. The molecule has 1 unspecified atom stereocenters. The molecule has 0 heterocycles. The number of hydrogen-bond acceptors (Lipinski definition) is 5. The summed E-state index contributed by atoms with van der Waals surface area (Å²) in [5, 5.41) is 2.73. The zero-order valence-electron chi connectivity index (χ0n) is 15.7. The van der Waals surface area contributed by atoms with Crippen molar-refractivity contribution in [1.29, 1.82) is 0 Å². The van der Waals surface area contributed by atoms with Crippen LogP contribution in [0.15, 0.2) is 30.3 Å². The van der Waals surface area contributed by atoms with Crippen LogP contribution in [0, 0.1) is 5.92 Å². The van der Waals surface area contributed by atoms with E-state index in [9.17, 15) is 14.4 Å². The first-order valence-corrected chi connectivity index (χ1v) is 8.76. The fourth-order valence-corrected chi connectivity index (χ4v) is 2.38. The molecular formula is C19H28N2O5. The van der Waals surface area contributed by atoms with Crippen LogP contribution in [0.4, 0.5) is 0 Å². The van der Waals surface area contributed by atoms with Gasteiger partial charge in [0.15, 0.2) is 0 Å². The highest BCUT2D eigenvalue weighted by atomic mass is 16.5. The lowest BCUT2D eigenvalue weighted by molar-refractivity contribution is -0.146. The number of rotatable bonds is 11. The summed E-state index contributed by atoms with van der Waals surface area (Å²) in [7, 11) is 1.32. The Hall–Kier alpha value is -2.41. The molecule has 1 aromatic carbocycles. The monoisotopic (exact) mass is 364 g/mol. The van der Waals surface area contributed by atoms with Crippen molar-refractivity contribution in [3.05, 3.63) is 35.9 Å². The number of ether oxygens (including phenoxy) is 2. The molecule has 26 heavy (non-hydrogen) atoms. The fraction of sp³-hybridized carbons (Fsp3) is 0.526. The predicted octanol–water partition coefficient (Wildman–Crippen LogP) is 1.48. The molecule has 144 valence electrons. The summed E-state index contributed by atoms with van der Waals surface area (Å²) in [6.07, 6.45) is 0.151. The van der Waals surface area contributed by atoms with Gasteiger partial charge in [0.1, 0.15) is 0 Å². The number of amides is 2. The number of carbonyl (C=O) groups excluding carboxylic acids is 3. The number of carbonyl (C=O) groups is 3. The van der Waals surface area contributed by atoms with Gasteiger partial charge in [-0.3, -0.25) is 14.4 Å². The number of nitrogens with zero attached hydrogens (tertiary/aromatic N) is 1. The third kappa shape index (κ3) is 7.65. The minimum atomic E-state index is -0.426. The lowest BCUT2D eigenvalue weighted by Gasteiger charge is -2.25. The van der Waals surface area contributed by atoms with Crippen molar-refractivity contribution in [3.8, 4) is 0 Å². The first kappa shape index (κ1) is 21.6. The van der Waals surface area contributed by atoms with Gasteiger partial charge in [0, 0.05) is 38.2 Å². The second kappa shape index (κ2) is 12.0. The third-order valence-corrected chi connectivity index (χ3v) is 3.82. The Labute approximate surface area is 154 Å². The molecule has 0 aliphatic carbocycles. The molecule has 1 rings (SSSR count). The van der Waals surface area contributed by atoms with Gasteiger partial charge in [0.05, 0.1) is 19.6 Å². The molecule has 0 radical (unpaired) electrons. The van der Waals surface area contributed by atoms with Crippen LogP contribution >= 0.6 is 0 Å². The largest absolute Gasteiger partial charge is 0.469 e. The number of hydrogen-bond donors (Lipinski definition) is 1. The van der Waals surface area contributed by atoms with Crippen LogP contribution in [0.3, 0.4) is 0 Å². The first-order valence-electron chi connectivity index (χ1n) is 8.76. The highest BCUT2D eigenvalue weighted by molar-refractivity contribution is 5.94. The maximum atomic E-state index is 12.5. The molecule has 2 amide bonds. The molecule has 0 bridgehead atoms. The zero-order valence-corrected chi connectivity index (χ0v) is 15.7. The number of esters is 1. The fourth-order valence-electron chi connectivity index (χ4n) is 2.38. The first-order chi connectivity index (χ1) is 12.5. The molecular weight excluding hydrogens is 336 g/mol. The summed E-state index contributed by atoms with van der Waals surface area (Å²) in [4.78, 5) is 37.7. The Balaban J connectivity index is 2.52. The van der Waals surface area contributed by atoms with E-state index in [0.29, 0.717) is 25.3 Å². The minimum Gasteiger partial charge on any atom is -0.469 e. The molecule has 0 spiro atoms. The van der Waals surface area contributed by atoms with Crippen LogP contribution in [0.1, 0.15) is 30.6 Å². The Morgan fingerprint density at radius 3 is 2.50 bits per heavy atom. The van der Waals surface area contributed by atoms with E-state index in [1.807, 2.05) is 13.0 Å². The molecule has 7 nitrogen and oxygen atoms in total. The molecule has 0 saturated heterocycles. The van der Waals surface area contributed by atoms with E-state index in [1.54, 1.807) is 36.1 Å². The van der Waals surface area contributed by atoms with E-state index in [-0.39, 0.29) is 37.3 Å². The molecule has 0 fully saturated rings. The van der Waals surface area contributed by atoms with Crippen molar-refractivity contribution in [2.75, 3.05) is 40.0 Å². The van der Waals surface area contributed by atoms with E-state index in [2.05, 4.69) is 5.32 Å². The van der Waals surface area contributed by atoms with Gasteiger partial charge in [-0.15, -0.1) is 0 Å². The summed E-state index contributed by atoms with van der Waals surface area (Å²) >= 11 is 0. The molecule has 0 aliphatic heterocycles. The van der Waals surface area contributed by atoms with Crippen LogP contribution in [0.2, 0.25) is 0 Å². The average Bonchev–Trinajstić information content (AvgIpc) is 2.66. The summed E-state index contributed by atoms with van der Waals surface area (Å²) in [5.41, 5.74) is 0.549. The maximum Gasteiger partial charge on any atom is 0.310 e. The quantitative estimate of drug-likeness (QED) is 0.475. The van der Waals surface area contributed by atoms with Gasteiger partial charge >= 0.3 is 5.97 Å².